The number of ether oxygens (including phenoxy) is 1. The van der Waals surface area contributed by atoms with Gasteiger partial charge < -0.3 is 15.0 Å². The predicted octanol–water partition coefficient (Wildman–Crippen LogP) is 3.15. The van der Waals surface area contributed by atoms with Gasteiger partial charge >= 0.3 is 5.69 Å². The van der Waals surface area contributed by atoms with Gasteiger partial charge in [0.15, 0.2) is 0 Å². The molecule has 0 saturated heterocycles. The maximum absolute atomic E-state index is 13.0. The Balaban J connectivity index is 1.62. The zero-order valence-electron chi connectivity index (χ0n) is 15.1. The number of nitrogens with one attached hydrogen (secondary N) is 2. The van der Waals surface area contributed by atoms with Crippen molar-refractivity contribution in [2.75, 3.05) is 12.4 Å². The summed E-state index contributed by atoms with van der Waals surface area (Å²) in [5.74, 6) is 0.797. The largest absolute Gasteiger partial charge is 0.497 e. The number of nitrogens with zero attached hydrogens (tertiary/aromatic N) is 1. The number of anilines is 1. The monoisotopic (exact) mass is 355 g/mol. The van der Waals surface area contributed by atoms with E-state index in [9.17, 15) is 9.59 Å². The molecule has 1 saturated carbocycles. The van der Waals surface area contributed by atoms with Gasteiger partial charge in [-0.25, -0.2) is 4.79 Å². The molecular weight excluding hydrogens is 330 g/mol. The smallest absolute Gasteiger partial charge is 0.328 e. The Bertz CT molecular complexity index is 892. The number of hydrogen-bond donors (Lipinski definition) is 2. The maximum Gasteiger partial charge on any atom is 0.328 e. The summed E-state index contributed by atoms with van der Waals surface area (Å²) in [6.45, 7) is 0. The number of aromatic amines is 1. The van der Waals surface area contributed by atoms with E-state index in [4.69, 9.17) is 4.74 Å². The molecule has 0 bridgehead atoms. The Morgan fingerprint density at radius 3 is 2.50 bits per heavy atom. The van der Waals surface area contributed by atoms with E-state index in [2.05, 4.69) is 10.3 Å². The van der Waals surface area contributed by atoms with Crippen LogP contribution in [0.3, 0.4) is 0 Å². The molecule has 0 radical (unpaired) electrons. The summed E-state index contributed by atoms with van der Waals surface area (Å²) in [6.07, 6.45) is 6.74. The van der Waals surface area contributed by atoms with Crippen LogP contribution in [0.25, 0.3) is 0 Å². The third-order valence-corrected chi connectivity index (χ3v) is 5.66. The van der Waals surface area contributed by atoms with E-state index in [0.29, 0.717) is 6.42 Å². The normalized spacial score (nSPS) is 20.0. The zero-order chi connectivity index (χ0) is 18.1. The molecule has 6 nitrogen and oxygen atoms in total. The van der Waals surface area contributed by atoms with Gasteiger partial charge in [0.05, 0.1) is 18.8 Å². The molecule has 1 aromatic heterocycles. The first-order valence-electron chi connectivity index (χ1n) is 9.45. The topological polar surface area (TPSA) is 76.1 Å². The van der Waals surface area contributed by atoms with Crippen molar-refractivity contribution >= 4 is 5.69 Å². The summed E-state index contributed by atoms with van der Waals surface area (Å²) in [7, 11) is 1.64. The van der Waals surface area contributed by atoms with Gasteiger partial charge in [-0.1, -0.05) is 19.3 Å². The van der Waals surface area contributed by atoms with Gasteiger partial charge in [-0.15, -0.1) is 0 Å². The average Bonchev–Trinajstić information content (AvgIpc) is 3.06. The molecule has 0 spiro atoms. The molecule has 1 atom stereocenters. The van der Waals surface area contributed by atoms with Gasteiger partial charge in [0.1, 0.15) is 5.75 Å². The molecule has 2 aliphatic carbocycles. The van der Waals surface area contributed by atoms with Crippen molar-refractivity contribution < 1.29 is 4.74 Å². The van der Waals surface area contributed by atoms with E-state index in [1.54, 1.807) is 7.11 Å². The van der Waals surface area contributed by atoms with Crippen LogP contribution in [0.2, 0.25) is 0 Å². The van der Waals surface area contributed by atoms with Gasteiger partial charge in [-0.3, -0.25) is 9.36 Å². The Morgan fingerprint density at radius 1 is 1.08 bits per heavy atom. The summed E-state index contributed by atoms with van der Waals surface area (Å²) < 4.78 is 6.66. The lowest BCUT2D eigenvalue weighted by Gasteiger charge is -2.24. The molecule has 2 aliphatic rings. The quantitative estimate of drug-likeness (QED) is 0.883. The van der Waals surface area contributed by atoms with Crippen LogP contribution in [-0.2, 0) is 6.42 Å². The van der Waals surface area contributed by atoms with Gasteiger partial charge in [0.25, 0.3) is 5.56 Å². The number of hydrogen-bond acceptors (Lipinski definition) is 4. The standard InChI is InChI=1S/C20H25N3O3/c1-26-15-9-7-13(8-10-15)21-17-12-11-16-18(17)22-20(25)23(19(16)24)14-5-3-2-4-6-14/h7-10,14,17,21H,2-6,11-12H2,1H3,(H,22,25)/t17-/m1/s1. The number of methoxy groups -OCH3 is 1. The molecule has 0 unspecified atom stereocenters. The fraction of sp³-hybridized carbons (Fsp3) is 0.500. The van der Waals surface area contributed by atoms with Crippen molar-refractivity contribution in [1.29, 1.82) is 0 Å². The van der Waals surface area contributed by atoms with Crippen molar-refractivity contribution in [3.8, 4) is 5.75 Å². The first kappa shape index (κ1) is 16.9. The van der Waals surface area contributed by atoms with Crippen LogP contribution in [0.4, 0.5) is 5.69 Å². The minimum absolute atomic E-state index is 0.0419. The fourth-order valence-electron chi connectivity index (χ4n) is 4.28. The SMILES string of the molecule is COc1ccc(N[C@@H]2CCc3c2[nH]c(=O)n(C2CCCCC2)c3=O)cc1. The number of rotatable bonds is 4. The van der Waals surface area contributed by atoms with E-state index in [0.717, 1.165) is 54.8 Å². The summed E-state index contributed by atoms with van der Waals surface area (Å²) >= 11 is 0. The van der Waals surface area contributed by atoms with Gasteiger partial charge in [0.2, 0.25) is 0 Å². The van der Waals surface area contributed by atoms with Crippen LogP contribution in [0.5, 0.6) is 5.75 Å². The molecule has 1 aromatic carbocycles. The second-order valence-electron chi connectivity index (χ2n) is 7.25. The van der Waals surface area contributed by atoms with Crippen LogP contribution in [0, 0.1) is 0 Å². The lowest BCUT2D eigenvalue weighted by Crippen LogP contribution is -2.41. The highest BCUT2D eigenvalue weighted by Crippen LogP contribution is 2.31. The van der Waals surface area contributed by atoms with Crippen molar-refractivity contribution in [1.82, 2.24) is 9.55 Å². The average molecular weight is 355 g/mol. The Kier molecular flexibility index (Phi) is 4.57. The van der Waals surface area contributed by atoms with Gasteiger partial charge in [-0.05, 0) is 49.9 Å². The van der Waals surface area contributed by atoms with Crippen molar-refractivity contribution in [2.24, 2.45) is 0 Å². The lowest BCUT2D eigenvalue weighted by molar-refractivity contribution is 0.335. The third-order valence-electron chi connectivity index (χ3n) is 5.66. The highest BCUT2D eigenvalue weighted by atomic mass is 16.5. The Morgan fingerprint density at radius 2 is 1.81 bits per heavy atom. The van der Waals surface area contributed by atoms with Crippen molar-refractivity contribution in [2.45, 2.75) is 57.0 Å². The number of H-pyrrole nitrogens is 1. The molecule has 4 rings (SSSR count). The molecule has 1 fully saturated rings. The molecule has 138 valence electrons. The van der Waals surface area contributed by atoms with Crippen LogP contribution in [0.1, 0.15) is 61.9 Å². The minimum Gasteiger partial charge on any atom is -0.497 e. The maximum atomic E-state index is 13.0. The van der Waals surface area contributed by atoms with Crippen LogP contribution >= 0.6 is 0 Å². The number of benzene rings is 1. The highest BCUT2D eigenvalue weighted by molar-refractivity contribution is 5.49. The first-order valence-corrected chi connectivity index (χ1v) is 9.45. The van der Waals surface area contributed by atoms with E-state index in [1.807, 2.05) is 24.3 Å². The Labute approximate surface area is 152 Å². The summed E-state index contributed by atoms with van der Waals surface area (Å²) in [5.41, 5.74) is 2.11. The molecule has 2 aromatic rings. The van der Waals surface area contributed by atoms with E-state index >= 15 is 0 Å². The molecule has 0 aliphatic heterocycles. The number of aromatic nitrogens is 2. The van der Waals surface area contributed by atoms with E-state index in [-0.39, 0.29) is 23.3 Å². The second-order valence-corrected chi connectivity index (χ2v) is 7.25. The lowest BCUT2D eigenvalue weighted by atomic mass is 9.95. The minimum atomic E-state index is -0.260. The van der Waals surface area contributed by atoms with E-state index < -0.39 is 0 Å². The molecule has 2 N–H and O–H groups in total. The summed E-state index contributed by atoms with van der Waals surface area (Å²) in [4.78, 5) is 28.6. The zero-order valence-corrected chi connectivity index (χ0v) is 15.1. The van der Waals surface area contributed by atoms with Crippen molar-refractivity contribution in [3.05, 3.63) is 56.4 Å². The van der Waals surface area contributed by atoms with Gasteiger partial charge in [-0.2, -0.15) is 0 Å². The molecule has 0 amide bonds. The van der Waals surface area contributed by atoms with Crippen LogP contribution in [-0.4, -0.2) is 16.7 Å². The second kappa shape index (κ2) is 7.02. The molecule has 26 heavy (non-hydrogen) atoms. The summed E-state index contributed by atoms with van der Waals surface area (Å²) in [5, 5.41) is 3.43. The number of fused-ring (bicyclic) bond motifs is 1. The van der Waals surface area contributed by atoms with Gasteiger partial charge in [0, 0.05) is 17.3 Å². The van der Waals surface area contributed by atoms with Crippen molar-refractivity contribution in [3.63, 3.8) is 0 Å². The predicted molar refractivity (Wildman–Crippen MR) is 101 cm³/mol. The molecule has 6 heteroatoms. The molecule has 1 heterocycles. The van der Waals surface area contributed by atoms with Crippen LogP contribution < -0.4 is 21.3 Å². The highest BCUT2D eigenvalue weighted by Gasteiger charge is 2.29. The first-order chi connectivity index (χ1) is 12.7. The fourth-order valence-corrected chi connectivity index (χ4v) is 4.28. The Hall–Kier alpha value is -2.50. The third kappa shape index (κ3) is 3.04. The molecular formula is C20H25N3O3. The van der Waals surface area contributed by atoms with Crippen LogP contribution in [0.15, 0.2) is 33.9 Å². The summed E-state index contributed by atoms with van der Waals surface area (Å²) in [6, 6.07) is 7.68. The van der Waals surface area contributed by atoms with E-state index in [1.165, 1.54) is 11.0 Å².